The SMILES string of the molecule is Cn1c(CN2CCOCC2)nnc1SCc1nnc(-c2ccc(Cl)cc2)o1. The molecule has 142 valence electrons. The van der Waals surface area contributed by atoms with Crippen LogP contribution in [0.1, 0.15) is 11.7 Å². The molecule has 1 fully saturated rings. The Morgan fingerprint density at radius 3 is 2.63 bits per heavy atom. The van der Waals surface area contributed by atoms with E-state index < -0.39 is 0 Å². The first-order chi connectivity index (χ1) is 13.2. The third-order valence-corrected chi connectivity index (χ3v) is 5.53. The summed E-state index contributed by atoms with van der Waals surface area (Å²) >= 11 is 7.43. The van der Waals surface area contributed by atoms with Crippen molar-refractivity contribution in [2.45, 2.75) is 17.5 Å². The number of hydrogen-bond acceptors (Lipinski definition) is 8. The van der Waals surface area contributed by atoms with E-state index in [1.165, 1.54) is 11.8 Å². The highest BCUT2D eigenvalue weighted by Gasteiger charge is 2.17. The van der Waals surface area contributed by atoms with Gasteiger partial charge in [-0.3, -0.25) is 4.90 Å². The molecule has 8 nitrogen and oxygen atoms in total. The first kappa shape index (κ1) is 18.4. The van der Waals surface area contributed by atoms with Gasteiger partial charge in [-0.2, -0.15) is 0 Å². The fourth-order valence-corrected chi connectivity index (χ4v) is 3.61. The van der Waals surface area contributed by atoms with Gasteiger partial charge in [0.15, 0.2) is 5.16 Å². The van der Waals surface area contributed by atoms with Gasteiger partial charge < -0.3 is 13.7 Å². The maximum Gasteiger partial charge on any atom is 0.247 e. The van der Waals surface area contributed by atoms with Crippen molar-refractivity contribution in [1.29, 1.82) is 0 Å². The monoisotopic (exact) mass is 406 g/mol. The van der Waals surface area contributed by atoms with Gasteiger partial charge in [-0.25, -0.2) is 0 Å². The molecule has 1 aromatic carbocycles. The summed E-state index contributed by atoms with van der Waals surface area (Å²) in [7, 11) is 1.98. The zero-order valence-corrected chi connectivity index (χ0v) is 16.4. The number of benzene rings is 1. The fourth-order valence-electron chi connectivity index (χ4n) is 2.72. The van der Waals surface area contributed by atoms with Gasteiger partial charge in [0.2, 0.25) is 11.8 Å². The zero-order chi connectivity index (χ0) is 18.6. The quantitative estimate of drug-likeness (QED) is 0.578. The summed E-state index contributed by atoms with van der Waals surface area (Å²) < 4.78 is 13.1. The number of halogens is 1. The largest absolute Gasteiger partial charge is 0.420 e. The molecule has 1 aliphatic rings. The molecule has 27 heavy (non-hydrogen) atoms. The second-order valence-electron chi connectivity index (χ2n) is 6.14. The van der Waals surface area contributed by atoms with Gasteiger partial charge in [-0.1, -0.05) is 23.4 Å². The van der Waals surface area contributed by atoms with Gasteiger partial charge in [0.25, 0.3) is 0 Å². The van der Waals surface area contributed by atoms with E-state index in [0.717, 1.165) is 49.4 Å². The lowest BCUT2D eigenvalue weighted by atomic mass is 10.2. The van der Waals surface area contributed by atoms with Gasteiger partial charge in [0, 0.05) is 30.7 Å². The molecule has 0 N–H and O–H groups in total. The van der Waals surface area contributed by atoms with E-state index in [1.807, 2.05) is 23.7 Å². The molecule has 0 bridgehead atoms. The molecule has 3 aromatic rings. The number of thioether (sulfide) groups is 1. The molecule has 0 amide bonds. The predicted molar refractivity (Wildman–Crippen MR) is 101 cm³/mol. The van der Waals surface area contributed by atoms with Crippen molar-refractivity contribution < 1.29 is 9.15 Å². The van der Waals surface area contributed by atoms with Crippen LogP contribution in [0.3, 0.4) is 0 Å². The van der Waals surface area contributed by atoms with Crippen LogP contribution in [0.4, 0.5) is 0 Å². The zero-order valence-electron chi connectivity index (χ0n) is 14.8. The molecule has 1 saturated heterocycles. The lowest BCUT2D eigenvalue weighted by Gasteiger charge is -2.25. The Labute approximate surface area is 165 Å². The second kappa shape index (κ2) is 8.39. The van der Waals surface area contributed by atoms with Gasteiger partial charge in [-0.15, -0.1) is 20.4 Å². The summed E-state index contributed by atoms with van der Waals surface area (Å²) in [6.07, 6.45) is 0. The van der Waals surface area contributed by atoms with Crippen molar-refractivity contribution in [1.82, 2.24) is 29.9 Å². The molecular weight excluding hydrogens is 388 g/mol. The average molecular weight is 407 g/mol. The molecule has 1 aliphatic heterocycles. The summed E-state index contributed by atoms with van der Waals surface area (Å²) in [4.78, 5) is 2.32. The topological polar surface area (TPSA) is 82.1 Å². The van der Waals surface area contributed by atoms with Crippen molar-refractivity contribution in [2.75, 3.05) is 26.3 Å². The lowest BCUT2D eigenvalue weighted by Crippen LogP contribution is -2.36. The summed E-state index contributed by atoms with van der Waals surface area (Å²) in [5, 5.41) is 18.3. The Balaban J connectivity index is 1.37. The van der Waals surface area contributed by atoms with Crippen LogP contribution in [-0.4, -0.2) is 56.2 Å². The van der Waals surface area contributed by atoms with Crippen molar-refractivity contribution in [2.24, 2.45) is 7.05 Å². The number of hydrogen-bond donors (Lipinski definition) is 0. The molecule has 0 unspecified atom stereocenters. The maximum absolute atomic E-state index is 5.91. The van der Waals surface area contributed by atoms with Crippen LogP contribution in [0.15, 0.2) is 33.8 Å². The van der Waals surface area contributed by atoms with Crippen LogP contribution in [-0.2, 0) is 24.1 Å². The summed E-state index contributed by atoms with van der Waals surface area (Å²) in [5.41, 5.74) is 0.842. The molecule has 3 heterocycles. The van der Waals surface area contributed by atoms with Crippen LogP contribution >= 0.6 is 23.4 Å². The van der Waals surface area contributed by atoms with Gasteiger partial charge in [-0.05, 0) is 24.3 Å². The Bertz CT molecular complexity index is 891. The highest BCUT2D eigenvalue weighted by Crippen LogP contribution is 2.24. The lowest BCUT2D eigenvalue weighted by molar-refractivity contribution is 0.0326. The number of aromatic nitrogens is 5. The molecular formula is C17H19ClN6O2S. The number of rotatable bonds is 6. The van der Waals surface area contributed by atoms with Crippen molar-refractivity contribution in [3.8, 4) is 11.5 Å². The highest BCUT2D eigenvalue weighted by molar-refractivity contribution is 7.98. The first-order valence-electron chi connectivity index (χ1n) is 8.58. The van der Waals surface area contributed by atoms with E-state index in [2.05, 4.69) is 25.3 Å². The van der Waals surface area contributed by atoms with Crippen LogP contribution < -0.4 is 0 Å². The molecule has 4 rings (SSSR count). The molecule has 10 heteroatoms. The second-order valence-corrected chi connectivity index (χ2v) is 7.52. The summed E-state index contributed by atoms with van der Waals surface area (Å²) in [6.45, 7) is 4.16. The van der Waals surface area contributed by atoms with Crippen LogP contribution in [0.2, 0.25) is 5.02 Å². The molecule has 0 radical (unpaired) electrons. The minimum atomic E-state index is 0.480. The molecule has 0 aliphatic carbocycles. The van der Waals surface area contributed by atoms with Crippen LogP contribution in [0.5, 0.6) is 0 Å². The molecule has 0 saturated carbocycles. The minimum absolute atomic E-state index is 0.480. The van der Waals surface area contributed by atoms with Gasteiger partial charge in [0.05, 0.1) is 25.5 Å². The third kappa shape index (κ3) is 4.49. The molecule has 0 spiro atoms. The van der Waals surface area contributed by atoms with Crippen LogP contribution in [0.25, 0.3) is 11.5 Å². The van der Waals surface area contributed by atoms with Gasteiger partial charge >= 0.3 is 0 Å². The third-order valence-electron chi connectivity index (χ3n) is 4.28. The standard InChI is InChI=1S/C17H19ClN6O2S/c1-23-14(10-24-6-8-25-9-7-24)19-22-17(23)27-11-15-20-21-16(26-15)12-2-4-13(18)5-3-12/h2-5H,6-11H2,1H3. The first-order valence-corrected chi connectivity index (χ1v) is 9.95. The smallest absolute Gasteiger partial charge is 0.247 e. The number of morpholine rings is 1. The normalized spacial score (nSPS) is 15.3. The van der Waals surface area contributed by atoms with E-state index in [1.54, 1.807) is 12.1 Å². The highest BCUT2D eigenvalue weighted by atomic mass is 35.5. The Morgan fingerprint density at radius 1 is 1.07 bits per heavy atom. The Hall–Kier alpha value is -1.94. The van der Waals surface area contributed by atoms with Gasteiger partial charge in [0.1, 0.15) is 5.82 Å². The predicted octanol–water partition coefficient (Wildman–Crippen LogP) is 2.64. The van der Waals surface area contributed by atoms with E-state index in [0.29, 0.717) is 22.6 Å². The fraction of sp³-hybridized carbons (Fsp3) is 0.412. The summed E-state index contributed by atoms with van der Waals surface area (Å²) in [5.74, 6) is 2.49. The Kier molecular flexibility index (Phi) is 5.72. The minimum Gasteiger partial charge on any atom is -0.420 e. The van der Waals surface area contributed by atoms with Crippen molar-refractivity contribution in [3.05, 3.63) is 41.0 Å². The number of nitrogens with zero attached hydrogens (tertiary/aromatic N) is 6. The van der Waals surface area contributed by atoms with E-state index >= 15 is 0 Å². The molecule has 0 atom stereocenters. The Morgan fingerprint density at radius 2 is 1.85 bits per heavy atom. The van der Waals surface area contributed by atoms with Crippen molar-refractivity contribution in [3.63, 3.8) is 0 Å². The van der Waals surface area contributed by atoms with Crippen molar-refractivity contribution >= 4 is 23.4 Å². The van der Waals surface area contributed by atoms with E-state index in [-0.39, 0.29) is 0 Å². The van der Waals surface area contributed by atoms with E-state index in [9.17, 15) is 0 Å². The molecule has 2 aromatic heterocycles. The number of ether oxygens (including phenoxy) is 1. The average Bonchev–Trinajstić information content (AvgIpc) is 3.29. The van der Waals surface area contributed by atoms with E-state index in [4.69, 9.17) is 20.8 Å². The summed E-state index contributed by atoms with van der Waals surface area (Å²) in [6, 6.07) is 7.30. The van der Waals surface area contributed by atoms with Crippen LogP contribution in [0, 0.1) is 0 Å². The maximum atomic E-state index is 5.91.